The van der Waals surface area contributed by atoms with Gasteiger partial charge in [-0.1, -0.05) is 89.6 Å². The molecule has 8 rings (SSSR count). The number of fused-ring (bicyclic) bond motifs is 4. The Kier molecular flexibility index (Phi) is 5.98. The molecule has 9 heteroatoms. The van der Waals surface area contributed by atoms with Gasteiger partial charge in [-0.25, -0.2) is 14.6 Å². The number of oxime groups is 1. The Morgan fingerprint density at radius 2 is 1.67 bits per heavy atom. The van der Waals surface area contributed by atoms with Crippen LogP contribution in [0.15, 0.2) is 132 Å². The molecule has 0 fully saturated rings. The maximum atomic E-state index is 6.65. The van der Waals surface area contributed by atoms with Gasteiger partial charge in [-0.05, 0) is 36.4 Å². The molecule has 0 saturated heterocycles. The molecule has 4 aromatic carbocycles. The Bertz CT molecular complexity index is 1950. The largest absolute Gasteiger partial charge is 0.360 e. The number of thioether (sulfide) groups is 1. The highest BCUT2D eigenvalue weighted by molar-refractivity contribution is 7.99. The predicted molar refractivity (Wildman–Crippen MR) is 166 cm³/mol. The molecular weight excluding hydrogens is 564 g/mol. The van der Waals surface area contributed by atoms with E-state index in [9.17, 15) is 0 Å². The Morgan fingerprint density at radius 3 is 2.50 bits per heavy atom. The summed E-state index contributed by atoms with van der Waals surface area (Å²) in [5.74, 6) is 1.50. The van der Waals surface area contributed by atoms with E-state index in [-0.39, 0.29) is 5.25 Å². The van der Waals surface area contributed by atoms with Crippen molar-refractivity contribution < 1.29 is 4.84 Å². The van der Waals surface area contributed by atoms with Crippen LogP contribution in [-0.2, 0) is 10.6 Å². The summed E-state index contributed by atoms with van der Waals surface area (Å²) in [6, 6.07) is 36.9. The van der Waals surface area contributed by atoms with E-state index in [0.29, 0.717) is 11.4 Å². The van der Waals surface area contributed by atoms with Crippen molar-refractivity contribution >= 4 is 45.8 Å². The van der Waals surface area contributed by atoms with Gasteiger partial charge >= 0.3 is 0 Å². The summed E-state index contributed by atoms with van der Waals surface area (Å²) >= 11 is 8.17. The topological polar surface area (TPSA) is 68.4 Å². The average Bonchev–Trinajstić information content (AvgIpc) is 3.68. The lowest BCUT2D eigenvalue weighted by Crippen LogP contribution is -2.47. The molecule has 2 atom stereocenters. The second-order valence-corrected chi connectivity index (χ2v) is 11.9. The van der Waals surface area contributed by atoms with Gasteiger partial charge in [0.25, 0.3) is 0 Å². The summed E-state index contributed by atoms with van der Waals surface area (Å²) in [7, 11) is 0. The number of nitrogens with zero attached hydrogens (tertiary/aromatic N) is 6. The van der Waals surface area contributed by atoms with Gasteiger partial charge in [0, 0.05) is 43.7 Å². The minimum absolute atomic E-state index is 0.0894. The summed E-state index contributed by atoms with van der Waals surface area (Å²) in [5.41, 5.74) is 3.93. The highest BCUT2D eigenvalue weighted by Gasteiger charge is 2.53. The minimum Gasteiger partial charge on any atom is -0.360 e. The van der Waals surface area contributed by atoms with Crippen LogP contribution in [0.1, 0.15) is 28.4 Å². The predicted octanol–water partition coefficient (Wildman–Crippen LogP) is 7.76. The number of aromatic nitrogens is 4. The molecule has 6 aromatic rings. The summed E-state index contributed by atoms with van der Waals surface area (Å²) in [6.45, 7) is 0. The molecule has 4 heterocycles. The number of para-hydroxylation sites is 2. The molecule has 0 aliphatic carbocycles. The first-order valence-electron chi connectivity index (χ1n) is 13.6. The molecular formula is C33H23ClN6OS. The van der Waals surface area contributed by atoms with Crippen molar-refractivity contribution in [3.8, 4) is 5.82 Å². The molecule has 0 N–H and O–H groups in total. The van der Waals surface area contributed by atoms with Crippen LogP contribution >= 0.6 is 23.4 Å². The van der Waals surface area contributed by atoms with Crippen LogP contribution in [0.2, 0.25) is 5.02 Å². The van der Waals surface area contributed by atoms with Gasteiger partial charge < -0.3 is 4.84 Å². The first kappa shape index (κ1) is 25.1. The number of pyridine rings is 1. The van der Waals surface area contributed by atoms with Gasteiger partial charge in [0.1, 0.15) is 12.7 Å². The Labute approximate surface area is 251 Å². The molecule has 2 aliphatic rings. The normalized spacial score (nSPS) is 19.5. The van der Waals surface area contributed by atoms with Gasteiger partial charge in [-0.15, -0.1) is 11.8 Å². The van der Waals surface area contributed by atoms with Crippen LogP contribution in [0.5, 0.6) is 0 Å². The van der Waals surface area contributed by atoms with E-state index in [1.165, 1.54) is 6.33 Å². The molecule has 204 valence electrons. The first-order chi connectivity index (χ1) is 20.7. The maximum Gasteiger partial charge on any atom is 0.242 e. The Balaban J connectivity index is 1.38. The Morgan fingerprint density at radius 1 is 0.881 bits per heavy atom. The number of anilines is 1. The van der Waals surface area contributed by atoms with E-state index in [2.05, 4.69) is 63.5 Å². The van der Waals surface area contributed by atoms with Gasteiger partial charge in [-0.2, -0.15) is 5.10 Å². The van der Waals surface area contributed by atoms with Crippen LogP contribution in [-0.4, -0.2) is 25.6 Å². The smallest absolute Gasteiger partial charge is 0.242 e. The number of benzene rings is 4. The fourth-order valence-corrected chi connectivity index (χ4v) is 7.29. The van der Waals surface area contributed by atoms with Crippen molar-refractivity contribution in [3.05, 3.63) is 144 Å². The van der Waals surface area contributed by atoms with E-state index in [0.717, 1.165) is 49.8 Å². The minimum atomic E-state index is -0.953. The first-order valence-corrected chi connectivity index (χ1v) is 14.8. The lowest BCUT2D eigenvalue weighted by molar-refractivity contribution is -0.0283. The van der Waals surface area contributed by atoms with Crippen LogP contribution in [0, 0.1) is 0 Å². The van der Waals surface area contributed by atoms with E-state index in [1.807, 2.05) is 60.7 Å². The van der Waals surface area contributed by atoms with Gasteiger partial charge in [0.15, 0.2) is 11.7 Å². The zero-order valence-corrected chi connectivity index (χ0v) is 23.8. The lowest BCUT2D eigenvalue weighted by atomic mass is 9.91. The molecule has 7 nitrogen and oxygen atoms in total. The molecule has 2 unspecified atom stereocenters. The average molecular weight is 587 g/mol. The van der Waals surface area contributed by atoms with Crippen molar-refractivity contribution in [2.45, 2.75) is 22.3 Å². The second kappa shape index (κ2) is 10.0. The van der Waals surface area contributed by atoms with E-state index >= 15 is 0 Å². The van der Waals surface area contributed by atoms with Gasteiger partial charge in [-0.3, -0.25) is 4.90 Å². The summed E-state index contributed by atoms with van der Waals surface area (Å²) in [4.78, 5) is 19.3. The zero-order chi connectivity index (χ0) is 28.1. The highest BCUT2D eigenvalue weighted by atomic mass is 35.5. The van der Waals surface area contributed by atoms with Crippen LogP contribution in [0.3, 0.4) is 0 Å². The van der Waals surface area contributed by atoms with Crippen molar-refractivity contribution in [1.29, 1.82) is 0 Å². The zero-order valence-electron chi connectivity index (χ0n) is 22.2. The maximum absolute atomic E-state index is 6.65. The summed E-state index contributed by atoms with van der Waals surface area (Å²) in [5, 5.41) is 10.9. The monoisotopic (exact) mass is 586 g/mol. The highest BCUT2D eigenvalue weighted by Crippen LogP contribution is 2.56. The van der Waals surface area contributed by atoms with Crippen molar-refractivity contribution in [1.82, 2.24) is 19.7 Å². The van der Waals surface area contributed by atoms with Gasteiger partial charge in [0.2, 0.25) is 5.72 Å². The molecule has 42 heavy (non-hydrogen) atoms. The number of hydrogen-bond acceptors (Lipinski definition) is 7. The van der Waals surface area contributed by atoms with Gasteiger partial charge in [0.05, 0.1) is 11.2 Å². The Hall–Kier alpha value is -4.66. The number of rotatable bonds is 4. The lowest BCUT2D eigenvalue weighted by Gasteiger charge is -2.38. The standard InChI is InChI=1S/C33H23ClN6OS/c34-25-16-14-24(15-17-25)33-19-30(26-18-23-10-4-5-11-27(23)37-32(26)39-21-35-20-36-39)42-29-13-7-6-12-28(29)40(33)31(38-41-33)22-8-2-1-3-9-22/h1-18,20-21,30H,19H2. The molecule has 0 saturated carbocycles. The van der Waals surface area contributed by atoms with Crippen molar-refractivity contribution in [3.63, 3.8) is 0 Å². The number of amidine groups is 1. The van der Waals surface area contributed by atoms with Crippen molar-refractivity contribution in [2.75, 3.05) is 4.90 Å². The van der Waals surface area contributed by atoms with E-state index < -0.39 is 5.72 Å². The number of hydrogen-bond donors (Lipinski definition) is 0. The quantitative estimate of drug-likeness (QED) is 0.210. The van der Waals surface area contributed by atoms with E-state index in [1.54, 1.807) is 22.8 Å². The third kappa shape index (κ3) is 4.06. The second-order valence-electron chi connectivity index (χ2n) is 10.2. The molecule has 2 aliphatic heterocycles. The molecule has 0 radical (unpaired) electrons. The van der Waals surface area contributed by atoms with E-state index in [4.69, 9.17) is 26.6 Å². The van der Waals surface area contributed by atoms with Crippen LogP contribution < -0.4 is 4.90 Å². The molecule has 2 aromatic heterocycles. The summed E-state index contributed by atoms with van der Waals surface area (Å²) in [6.07, 6.45) is 3.79. The SMILES string of the molecule is Clc1ccc(C23CC(c4cc5ccccc5nc4-n4cncn4)Sc4ccccc4N2C(c2ccccc2)=NO3)cc1. The number of halogens is 1. The third-order valence-corrected chi connectivity index (χ3v) is 9.29. The van der Waals surface area contributed by atoms with Crippen molar-refractivity contribution in [2.24, 2.45) is 5.16 Å². The molecule has 0 amide bonds. The molecule has 0 spiro atoms. The third-order valence-electron chi connectivity index (χ3n) is 7.74. The molecule has 0 bridgehead atoms. The fourth-order valence-electron chi connectivity index (χ4n) is 5.81. The summed E-state index contributed by atoms with van der Waals surface area (Å²) < 4.78 is 1.74. The fraction of sp³-hybridized carbons (Fsp3) is 0.0909. The van der Waals surface area contributed by atoms with Crippen LogP contribution in [0.25, 0.3) is 16.7 Å². The van der Waals surface area contributed by atoms with Crippen LogP contribution in [0.4, 0.5) is 5.69 Å².